The molecule has 7 nitrogen and oxygen atoms in total. The number of hydrogen-bond acceptors (Lipinski definition) is 4. The summed E-state index contributed by atoms with van der Waals surface area (Å²) in [6, 6.07) is 12.9. The van der Waals surface area contributed by atoms with Crippen molar-refractivity contribution in [2.24, 2.45) is 5.41 Å². The molecular formula is C23H30N4O3. The predicted molar refractivity (Wildman–Crippen MR) is 121 cm³/mol. The van der Waals surface area contributed by atoms with Gasteiger partial charge in [-0.25, -0.2) is 0 Å². The minimum atomic E-state index is -0.499. The molecule has 7 heteroatoms. The van der Waals surface area contributed by atoms with Gasteiger partial charge in [-0.15, -0.1) is 0 Å². The normalized spacial score (nSPS) is 10.8. The molecular weight excluding hydrogens is 380 g/mol. The standard InChI is InChI=1S/C23H30N4O3/c1-15-8-6-9-16(2)21(15)27-20(29)14-25-19(28)13-24-17-10-7-11-18(12-17)26-22(30)23(3,4)5/h6-12,24H,13-14H2,1-5H3,(H,25,28)(H,26,30)(H,27,29). The van der Waals surface area contributed by atoms with Crippen LogP contribution >= 0.6 is 0 Å². The second-order valence-electron chi connectivity index (χ2n) is 8.23. The summed E-state index contributed by atoms with van der Waals surface area (Å²) >= 11 is 0. The molecule has 4 N–H and O–H groups in total. The van der Waals surface area contributed by atoms with Crippen molar-refractivity contribution in [3.8, 4) is 0 Å². The first kappa shape index (κ1) is 22.9. The first-order valence-electron chi connectivity index (χ1n) is 9.84. The van der Waals surface area contributed by atoms with Crippen LogP contribution in [0.25, 0.3) is 0 Å². The highest BCUT2D eigenvalue weighted by molar-refractivity contribution is 5.96. The Labute approximate surface area is 177 Å². The molecule has 0 atom stereocenters. The Morgan fingerprint density at radius 3 is 2.03 bits per heavy atom. The molecule has 0 aliphatic heterocycles. The summed E-state index contributed by atoms with van der Waals surface area (Å²) in [6.07, 6.45) is 0. The van der Waals surface area contributed by atoms with Crippen molar-refractivity contribution >= 4 is 34.8 Å². The third kappa shape index (κ3) is 6.92. The molecule has 2 aromatic rings. The van der Waals surface area contributed by atoms with Crippen LogP contribution in [0, 0.1) is 19.3 Å². The first-order valence-corrected chi connectivity index (χ1v) is 9.84. The second-order valence-corrected chi connectivity index (χ2v) is 8.23. The van der Waals surface area contributed by atoms with Gasteiger partial charge >= 0.3 is 0 Å². The van der Waals surface area contributed by atoms with Crippen molar-refractivity contribution in [2.45, 2.75) is 34.6 Å². The highest BCUT2D eigenvalue weighted by Gasteiger charge is 2.21. The monoisotopic (exact) mass is 410 g/mol. The largest absolute Gasteiger partial charge is 0.376 e. The quantitative estimate of drug-likeness (QED) is 0.562. The van der Waals surface area contributed by atoms with Crippen molar-refractivity contribution in [3.05, 3.63) is 53.6 Å². The zero-order valence-corrected chi connectivity index (χ0v) is 18.2. The number of nitrogens with one attached hydrogen (secondary N) is 4. The lowest BCUT2D eigenvalue weighted by atomic mass is 9.95. The van der Waals surface area contributed by atoms with Gasteiger partial charge in [0.15, 0.2) is 0 Å². The fourth-order valence-electron chi connectivity index (χ4n) is 2.64. The molecule has 0 saturated carbocycles. The van der Waals surface area contributed by atoms with E-state index in [0.717, 1.165) is 16.8 Å². The third-order valence-electron chi connectivity index (χ3n) is 4.45. The molecule has 0 aliphatic carbocycles. The van der Waals surface area contributed by atoms with Crippen molar-refractivity contribution in [2.75, 3.05) is 29.0 Å². The van der Waals surface area contributed by atoms with Crippen molar-refractivity contribution in [1.29, 1.82) is 0 Å². The SMILES string of the molecule is Cc1cccc(C)c1NC(=O)CNC(=O)CNc1cccc(NC(=O)C(C)(C)C)c1. The predicted octanol–water partition coefficient (Wildman–Crippen LogP) is 3.45. The van der Waals surface area contributed by atoms with Crippen molar-refractivity contribution in [1.82, 2.24) is 5.32 Å². The Hall–Kier alpha value is -3.35. The average Bonchev–Trinajstić information content (AvgIpc) is 2.67. The number of carbonyl (C=O) groups is 3. The topological polar surface area (TPSA) is 99.3 Å². The number of carbonyl (C=O) groups excluding carboxylic acids is 3. The number of benzene rings is 2. The highest BCUT2D eigenvalue weighted by atomic mass is 16.2. The molecule has 0 fully saturated rings. The van der Waals surface area contributed by atoms with Crippen LogP contribution in [0.4, 0.5) is 17.1 Å². The Balaban J connectivity index is 1.81. The molecule has 2 rings (SSSR count). The van der Waals surface area contributed by atoms with E-state index in [1.807, 2.05) is 52.8 Å². The summed E-state index contributed by atoms with van der Waals surface area (Å²) in [4.78, 5) is 36.3. The van der Waals surface area contributed by atoms with Crippen LogP contribution in [0.2, 0.25) is 0 Å². The van der Waals surface area contributed by atoms with Gasteiger partial charge in [0.05, 0.1) is 13.1 Å². The van der Waals surface area contributed by atoms with E-state index in [0.29, 0.717) is 11.4 Å². The van der Waals surface area contributed by atoms with E-state index in [-0.39, 0.29) is 30.8 Å². The summed E-state index contributed by atoms with van der Waals surface area (Å²) in [7, 11) is 0. The van der Waals surface area contributed by atoms with Crippen LogP contribution in [0.15, 0.2) is 42.5 Å². The van der Waals surface area contributed by atoms with E-state index in [4.69, 9.17) is 0 Å². The van der Waals surface area contributed by atoms with Gasteiger partial charge in [-0.05, 0) is 43.2 Å². The minimum absolute atomic E-state index is 0.00728. The van der Waals surface area contributed by atoms with E-state index in [2.05, 4.69) is 21.3 Å². The fraction of sp³-hybridized carbons (Fsp3) is 0.348. The van der Waals surface area contributed by atoms with E-state index in [9.17, 15) is 14.4 Å². The van der Waals surface area contributed by atoms with E-state index < -0.39 is 5.41 Å². The van der Waals surface area contributed by atoms with Gasteiger partial charge in [-0.3, -0.25) is 14.4 Å². The molecule has 30 heavy (non-hydrogen) atoms. The van der Waals surface area contributed by atoms with Crippen LogP contribution in [-0.2, 0) is 14.4 Å². The van der Waals surface area contributed by atoms with Gasteiger partial charge in [0.1, 0.15) is 0 Å². The Bertz CT molecular complexity index is 912. The maximum absolute atomic E-state index is 12.1. The van der Waals surface area contributed by atoms with E-state index >= 15 is 0 Å². The first-order chi connectivity index (χ1) is 14.1. The zero-order chi connectivity index (χ0) is 22.3. The Morgan fingerprint density at radius 1 is 0.800 bits per heavy atom. The van der Waals surface area contributed by atoms with Crippen molar-refractivity contribution < 1.29 is 14.4 Å². The van der Waals surface area contributed by atoms with E-state index in [1.54, 1.807) is 24.3 Å². The van der Waals surface area contributed by atoms with E-state index in [1.165, 1.54) is 0 Å². The summed E-state index contributed by atoms with van der Waals surface area (Å²) in [6.45, 7) is 9.25. The molecule has 0 radical (unpaired) electrons. The lowest BCUT2D eigenvalue weighted by molar-refractivity contribution is -0.123. The zero-order valence-electron chi connectivity index (χ0n) is 18.2. The summed E-state index contributed by atoms with van der Waals surface area (Å²) in [5.41, 5.74) is 3.54. The maximum atomic E-state index is 12.1. The third-order valence-corrected chi connectivity index (χ3v) is 4.45. The number of rotatable bonds is 7. The lowest BCUT2D eigenvalue weighted by Crippen LogP contribution is -2.36. The molecule has 0 spiro atoms. The molecule has 0 aliphatic rings. The summed E-state index contributed by atoms with van der Waals surface area (Å²) < 4.78 is 0. The minimum Gasteiger partial charge on any atom is -0.376 e. The van der Waals surface area contributed by atoms with Crippen molar-refractivity contribution in [3.63, 3.8) is 0 Å². The molecule has 2 aromatic carbocycles. The molecule has 0 saturated heterocycles. The smallest absolute Gasteiger partial charge is 0.243 e. The Kier molecular flexibility index (Phi) is 7.58. The number of anilines is 3. The van der Waals surface area contributed by atoms with Gasteiger partial charge in [0.25, 0.3) is 0 Å². The van der Waals surface area contributed by atoms with Crippen LogP contribution in [0.3, 0.4) is 0 Å². The summed E-state index contributed by atoms with van der Waals surface area (Å²) in [5, 5.41) is 11.3. The van der Waals surface area contributed by atoms with Gasteiger partial charge in [0, 0.05) is 22.5 Å². The number of hydrogen-bond donors (Lipinski definition) is 4. The number of amides is 3. The van der Waals surface area contributed by atoms with Gasteiger partial charge in [0.2, 0.25) is 17.7 Å². The average molecular weight is 411 g/mol. The highest BCUT2D eigenvalue weighted by Crippen LogP contribution is 2.20. The molecule has 0 unspecified atom stereocenters. The fourth-order valence-corrected chi connectivity index (χ4v) is 2.64. The van der Waals surface area contributed by atoms with Gasteiger partial charge in [-0.1, -0.05) is 45.0 Å². The molecule has 0 heterocycles. The van der Waals surface area contributed by atoms with Crippen LogP contribution in [-0.4, -0.2) is 30.8 Å². The molecule has 0 bridgehead atoms. The van der Waals surface area contributed by atoms with Gasteiger partial charge in [-0.2, -0.15) is 0 Å². The summed E-state index contributed by atoms with van der Waals surface area (Å²) in [5.74, 6) is -0.685. The maximum Gasteiger partial charge on any atom is 0.243 e. The lowest BCUT2D eigenvalue weighted by Gasteiger charge is -2.18. The molecule has 3 amide bonds. The number of para-hydroxylation sites is 1. The molecule has 160 valence electrons. The van der Waals surface area contributed by atoms with Gasteiger partial charge < -0.3 is 21.3 Å². The second kappa shape index (κ2) is 9.91. The van der Waals surface area contributed by atoms with Crippen LogP contribution in [0.1, 0.15) is 31.9 Å². The molecule has 0 aromatic heterocycles. The Morgan fingerprint density at radius 2 is 1.40 bits per heavy atom. The van der Waals surface area contributed by atoms with Crippen LogP contribution in [0.5, 0.6) is 0 Å². The van der Waals surface area contributed by atoms with Crippen LogP contribution < -0.4 is 21.3 Å². The number of aryl methyl sites for hydroxylation is 2.